The van der Waals surface area contributed by atoms with Crippen LogP contribution < -0.4 is 5.32 Å². The molecule has 0 bridgehead atoms. The van der Waals surface area contributed by atoms with Gasteiger partial charge in [-0.2, -0.15) is 13.2 Å². The summed E-state index contributed by atoms with van der Waals surface area (Å²) in [6, 6.07) is 4.94. The topological polar surface area (TPSA) is 67.4 Å². The molecule has 0 spiro atoms. The maximum atomic E-state index is 13.0. The van der Waals surface area contributed by atoms with Gasteiger partial charge in [0.2, 0.25) is 0 Å². The summed E-state index contributed by atoms with van der Waals surface area (Å²) in [5, 5.41) is 5.55. The molecular formula is C21H21F3N4O2S2. The average Bonchev–Trinajstić information content (AvgIpc) is 3.39. The van der Waals surface area contributed by atoms with Gasteiger partial charge in [0.15, 0.2) is 5.13 Å². The molecule has 1 aliphatic heterocycles. The Balaban J connectivity index is 1.41. The molecule has 0 unspecified atom stereocenters. The Hall–Kier alpha value is -2.34. The molecule has 32 heavy (non-hydrogen) atoms. The van der Waals surface area contributed by atoms with E-state index in [1.54, 1.807) is 13.0 Å². The fourth-order valence-electron chi connectivity index (χ4n) is 3.29. The van der Waals surface area contributed by atoms with Crippen LogP contribution in [-0.2, 0) is 17.3 Å². The first kappa shape index (κ1) is 22.8. The third kappa shape index (κ3) is 5.52. The minimum Gasteiger partial charge on any atom is -0.379 e. The van der Waals surface area contributed by atoms with Gasteiger partial charge in [-0.05, 0) is 19.1 Å². The Morgan fingerprint density at radius 1 is 1.25 bits per heavy atom. The summed E-state index contributed by atoms with van der Waals surface area (Å²) in [5.74, 6) is -0.368. The summed E-state index contributed by atoms with van der Waals surface area (Å²) in [4.78, 5) is 24.2. The number of carbonyl (C=O) groups excluding carboxylic acids is 1. The number of ether oxygens (including phenoxy) is 1. The zero-order chi connectivity index (χ0) is 22.7. The number of rotatable bonds is 6. The second-order valence-electron chi connectivity index (χ2n) is 7.31. The standard InChI is InChI=1S/C21H21F3N4O2S2/c1-13-17(32-19(25-13)14-3-2-4-15(11-14)21(22,23)24)18(29)27-20-26-16(12-31-20)5-6-28-7-9-30-10-8-28/h2-4,11-12H,5-10H2,1H3,(H,26,27,29). The molecule has 0 atom stereocenters. The van der Waals surface area contributed by atoms with Crippen molar-refractivity contribution in [3.63, 3.8) is 0 Å². The molecule has 4 rings (SSSR count). The van der Waals surface area contributed by atoms with E-state index in [1.807, 2.05) is 5.38 Å². The third-order valence-electron chi connectivity index (χ3n) is 5.00. The predicted octanol–water partition coefficient (Wildman–Crippen LogP) is 4.72. The minimum absolute atomic E-state index is 0.326. The van der Waals surface area contributed by atoms with E-state index in [1.165, 1.54) is 17.4 Å². The molecule has 3 heterocycles. The van der Waals surface area contributed by atoms with Gasteiger partial charge in [0, 0.05) is 37.0 Å². The first-order valence-corrected chi connectivity index (χ1v) is 11.7. The highest BCUT2D eigenvalue weighted by atomic mass is 32.1. The monoisotopic (exact) mass is 482 g/mol. The van der Waals surface area contributed by atoms with Gasteiger partial charge in [-0.1, -0.05) is 12.1 Å². The van der Waals surface area contributed by atoms with Gasteiger partial charge in [0.1, 0.15) is 9.88 Å². The molecule has 1 saturated heterocycles. The zero-order valence-electron chi connectivity index (χ0n) is 17.2. The van der Waals surface area contributed by atoms with E-state index in [2.05, 4.69) is 20.2 Å². The van der Waals surface area contributed by atoms with Crippen LogP contribution in [0.4, 0.5) is 18.3 Å². The number of thiazole rings is 2. The molecule has 1 aliphatic rings. The van der Waals surface area contributed by atoms with Gasteiger partial charge in [-0.15, -0.1) is 22.7 Å². The molecule has 1 aromatic carbocycles. The number of morpholine rings is 1. The van der Waals surface area contributed by atoms with Crippen LogP contribution in [0.3, 0.4) is 0 Å². The van der Waals surface area contributed by atoms with Crippen LogP contribution >= 0.6 is 22.7 Å². The number of aromatic nitrogens is 2. The molecule has 2 aromatic heterocycles. The number of carbonyl (C=O) groups is 1. The van der Waals surface area contributed by atoms with Gasteiger partial charge in [-0.3, -0.25) is 15.0 Å². The van der Waals surface area contributed by atoms with Crippen LogP contribution in [-0.4, -0.2) is 53.6 Å². The van der Waals surface area contributed by atoms with Gasteiger partial charge in [-0.25, -0.2) is 9.97 Å². The normalized spacial score (nSPS) is 15.1. The number of hydrogen-bond donors (Lipinski definition) is 1. The number of amides is 1. The first-order valence-electron chi connectivity index (χ1n) is 10.0. The van der Waals surface area contributed by atoms with Crippen LogP contribution in [0.1, 0.15) is 26.6 Å². The van der Waals surface area contributed by atoms with Crippen molar-refractivity contribution in [1.82, 2.24) is 14.9 Å². The SMILES string of the molecule is Cc1nc(-c2cccc(C(F)(F)F)c2)sc1C(=O)Nc1nc(CCN2CCOCC2)cs1. The Kier molecular flexibility index (Phi) is 6.89. The lowest BCUT2D eigenvalue weighted by atomic mass is 10.1. The lowest BCUT2D eigenvalue weighted by Gasteiger charge is -2.26. The number of nitrogens with one attached hydrogen (secondary N) is 1. The predicted molar refractivity (Wildman–Crippen MR) is 118 cm³/mol. The second-order valence-corrected chi connectivity index (χ2v) is 9.17. The summed E-state index contributed by atoms with van der Waals surface area (Å²) >= 11 is 2.41. The lowest BCUT2D eigenvalue weighted by Crippen LogP contribution is -2.37. The molecule has 1 fully saturated rings. The van der Waals surface area contributed by atoms with E-state index >= 15 is 0 Å². The van der Waals surface area contributed by atoms with Crippen molar-refractivity contribution >= 4 is 33.7 Å². The first-order chi connectivity index (χ1) is 15.3. The molecule has 0 aliphatic carbocycles. The smallest absolute Gasteiger partial charge is 0.379 e. The highest BCUT2D eigenvalue weighted by Gasteiger charge is 2.31. The summed E-state index contributed by atoms with van der Waals surface area (Å²) in [6.45, 7) is 5.86. The maximum absolute atomic E-state index is 13.0. The number of benzene rings is 1. The maximum Gasteiger partial charge on any atom is 0.416 e. The Bertz CT molecular complexity index is 1090. The number of hydrogen-bond acceptors (Lipinski definition) is 7. The fourth-order valence-corrected chi connectivity index (χ4v) is 4.99. The summed E-state index contributed by atoms with van der Waals surface area (Å²) < 4.78 is 44.4. The van der Waals surface area contributed by atoms with Crippen molar-refractivity contribution in [2.75, 3.05) is 38.2 Å². The van der Waals surface area contributed by atoms with Crippen molar-refractivity contribution in [3.8, 4) is 10.6 Å². The van der Waals surface area contributed by atoms with Crippen LogP contribution in [0.5, 0.6) is 0 Å². The Morgan fingerprint density at radius 3 is 2.78 bits per heavy atom. The van der Waals surface area contributed by atoms with E-state index in [-0.39, 0.29) is 5.91 Å². The van der Waals surface area contributed by atoms with Crippen LogP contribution in [0.2, 0.25) is 0 Å². The zero-order valence-corrected chi connectivity index (χ0v) is 18.9. The summed E-state index contributed by atoms with van der Waals surface area (Å²) in [6.07, 6.45) is -3.65. The molecular weight excluding hydrogens is 461 g/mol. The highest BCUT2D eigenvalue weighted by molar-refractivity contribution is 7.17. The minimum atomic E-state index is -4.44. The molecule has 3 aromatic rings. The van der Waals surface area contributed by atoms with Crippen LogP contribution in [0.15, 0.2) is 29.6 Å². The lowest BCUT2D eigenvalue weighted by molar-refractivity contribution is -0.137. The Labute approximate surface area is 191 Å². The van der Waals surface area contributed by atoms with E-state index in [4.69, 9.17) is 4.74 Å². The van der Waals surface area contributed by atoms with Crippen molar-refractivity contribution in [1.29, 1.82) is 0 Å². The van der Waals surface area contributed by atoms with E-state index < -0.39 is 11.7 Å². The molecule has 1 amide bonds. The molecule has 0 saturated carbocycles. The highest BCUT2D eigenvalue weighted by Crippen LogP contribution is 2.34. The molecule has 11 heteroatoms. The number of alkyl halides is 3. The second kappa shape index (κ2) is 9.65. The van der Waals surface area contributed by atoms with Gasteiger partial charge in [0.05, 0.1) is 30.2 Å². The molecule has 170 valence electrons. The van der Waals surface area contributed by atoms with E-state index in [0.717, 1.165) is 68.4 Å². The van der Waals surface area contributed by atoms with Gasteiger partial charge >= 0.3 is 6.18 Å². The van der Waals surface area contributed by atoms with Crippen molar-refractivity contribution < 1.29 is 22.7 Å². The van der Waals surface area contributed by atoms with Crippen molar-refractivity contribution in [3.05, 3.63) is 51.5 Å². The van der Waals surface area contributed by atoms with Crippen molar-refractivity contribution in [2.24, 2.45) is 0 Å². The van der Waals surface area contributed by atoms with Crippen molar-refractivity contribution in [2.45, 2.75) is 19.5 Å². The Morgan fingerprint density at radius 2 is 2.03 bits per heavy atom. The number of anilines is 1. The number of nitrogens with zero attached hydrogens (tertiary/aromatic N) is 3. The van der Waals surface area contributed by atoms with Crippen LogP contribution in [0.25, 0.3) is 10.6 Å². The van der Waals surface area contributed by atoms with Gasteiger partial charge < -0.3 is 4.74 Å². The van der Waals surface area contributed by atoms with Crippen LogP contribution in [0, 0.1) is 6.92 Å². The third-order valence-corrected chi connectivity index (χ3v) is 7.01. The van der Waals surface area contributed by atoms with Gasteiger partial charge in [0.25, 0.3) is 5.91 Å². The number of halogens is 3. The molecule has 1 N–H and O–H groups in total. The fraction of sp³-hybridized carbons (Fsp3) is 0.381. The summed E-state index contributed by atoms with van der Waals surface area (Å²) in [7, 11) is 0. The summed E-state index contributed by atoms with van der Waals surface area (Å²) in [5.41, 5.74) is 0.944. The largest absolute Gasteiger partial charge is 0.416 e. The quantitative estimate of drug-likeness (QED) is 0.551. The number of aryl methyl sites for hydroxylation is 1. The molecule has 6 nitrogen and oxygen atoms in total. The van der Waals surface area contributed by atoms with E-state index in [9.17, 15) is 18.0 Å². The van der Waals surface area contributed by atoms with E-state index in [0.29, 0.717) is 26.3 Å². The molecule has 0 radical (unpaired) electrons. The average molecular weight is 483 g/mol.